The second-order valence-corrected chi connectivity index (χ2v) is 7.75. The number of amides is 1. The molecular weight excluding hydrogens is 352 g/mol. The molecule has 0 bridgehead atoms. The Balaban J connectivity index is 1.57. The zero-order valence-electron chi connectivity index (χ0n) is 16.4. The Morgan fingerprint density at radius 2 is 1.71 bits per heavy atom. The van der Waals surface area contributed by atoms with Crippen molar-refractivity contribution in [1.82, 2.24) is 5.32 Å². The molecular formula is C22H26N4O2. The van der Waals surface area contributed by atoms with Crippen molar-refractivity contribution < 1.29 is 9.53 Å². The van der Waals surface area contributed by atoms with Crippen LogP contribution in [-0.2, 0) is 4.74 Å². The van der Waals surface area contributed by atoms with Gasteiger partial charge in [-0.2, -0.15) is 0 Å². The van der Waals surface area contributed by atoms with Crippen molar-refractivity contribution in [1.29, 1.82) is 0 Å². The van der Waals surface area contributed by atoms with Gasteiger partial charge in [-0.1, -0.05) is 60.1 Å². The Bertz CT molecular complexity index is 842. The Hall–Kier alpha value is -2.98. The molecule has 0 heterocycles. The summed E-state index contributed by atoms with van der Waals surface area (Å²) in [5.74, 6) is 0.0603. The SMILES string of the molecule is CC(C)(CCCCN=[N+]=[N-])NC(=O)OCC1c2ccccc2-c2ccccc21. The number of hydrogen-bond donors (Lipinski definition) is 1. The van der Waals surface area contributed by atoms with Gasteiger partial charge in [-0.15, -0.1) is 0 Å². The minimum Gasteiger partial charge on any atom is -0.449 e. The molecule has 0 atom stereocenters. The van der Waals surface area contributed by atoms with E-state index in [2.05, 4.69) is 39.6 Å². The van der Waals surface area contributed by atoms with Gasteiger partial charge >= 0.3 is 6.09 Å². The molecule has 0 aliphatic heterocycles. The Labute approximate surface area is 165 Å². The van der Waals surface area contributed by atoms with Gasteiger partial charge in [-0.25, -0.2) is 4.79 Å². The van der Waals surface area contributed by atoms with E-state index in [9.17, 15) is 4.79 Å². The van der Waals surface area contributed by atoms with Crippen LogP contribution in [0.5, 0.6) is 0 Å². The van der Waals surface area contributed by atoms with Gasteiger partial charge in [0, 0.05) is 22.9 Å². The van der Waals surface area contributed by atoms with E-state index in [0.717, 1.165) is 19.3 Å². The predicted molar refractivity (Wildman–Crippen MR) is 110 cm³/mol. The average molecular weight is 378 g/mol. The van der Waals surface area contributed by atoms with Crippen LogP contribution in [0.1, 0.15) is 50.2 Å². The van der Waals surface area contributed by atoms with Crippen LogP contribution in [0.2, 0.25) is 0 Å². The summed E-state index contributed by atoms with van der Waals surface area (Å²) >= 11 is 0. The summed E-state index contributed by atoms with van der Waals surface area (Å²) in [4.78, 5) is 15.1. The van der Waals surface area contributed by atoms with Gasteiger partial charge in [0.1, 0.15) is 6.61 Å². The van der Waals surface area contributed by atoms with E-state index in [4.69, 9.17) is 10.3 Å². The average Bonchev–Trinajstić information content (AvgIpc) is 3.00. The van der Waals surface area contributed by atoms with Crippen LogP contribution in [0.3, 0.4) is 0 Å². The quantitative estimate of drug-likeness (QED) is 0.273. The van der Waals surface area contributed by atoms with E-state index in [-0.39, 0.29) is 11.5 Å². The van der Waals surface area contributed by atoms with E-state index >= 15 is 0 Å². The van der Waals surface area contributed by atoms with E-state index in [1.54, 1.807) is 0 Å². The number of nitrogens with zero attached hydrogens (tertiary/aromatic N) is 3. The first kappa shape index (κ1) is 19.8. The highest BCUT2D eigenvalue weighted by molar-refractivity contribution is 5.79. The molecule has 1 aliphatic carbocycles. The standard InChI is InChI=1S/C22H26N4O2/c1-22(2,13-7-8-14-24-26-23)25-21(27)28-15-20-18-11-5-3-9-16(18)17-10-4-6-12-19(17)20/h3-6,9-12,20H,7-8,13-15H2,1-2H3,(H,25,27). The van der Waals surface area contributed by atoms with Crippen molar-refractivity contribution in [3.05, 3.63) is 70.1 Å². The molecule has 3 rings (SSSR count). The first-order valence-electron chi connectivity index (χ1n) is 9.66. The fraction of sp³-hybridized carbons (Fsp3) is 0.409. The molecule has 0 radical (unpaired) electrons. The smallest absolute Gasteiger partial charge is 0.407 e. The lowest BCUT2D eigenvalue weighted by Gasteiger charge is -2.26. The molecule has 0 aromatic heterocycles. The van der Waals surface area contributed by atoms with E-state index < -0.39 is 6.09 Å². The highest BCUT2D eigenvalue weighted by atomic mass is 16.5. The lowest BCUT2D eigenvalue weighted by Crippen LogP contribution is -2.44. The third kappa shape index (κ3) is 4.65. The van der Waals surface area contributed by atoms with E-state index in [1.165, 1.54) is 22.3 Å². The molecule has 2 aromatic carbocycles. The molecule has 28 heavy (non-hydrogen) atoms. The molecule has 2 aromatic rings. The minimum atomic E-state index is -0.401. The molecule has 6 heteroatoms. The predicted octanol–water partition coefficient (Wildman–Crippen LogP) is 5.78. The summed E-state index contributed by atoms with van der Waals surface area (Å²) in [7, 11) is 0. The third-order valence-electron chi connectivity index (χ3n) is 5.16. The number of benzene rings is 2. The maximum atomic E-state index is 12.4. The molecule has 6 nitrogen and oxygen atoms in total. The van der Waals surface area contributed by atoms with Crippen LogP contribution in [0, 0.1) is 0 Å². The summed E-state index contributed by atoms with van der Waals surface area (Å²) in [5, 5.41) is 6.49. The molecule has 0 saturated carbocycles. The van der Waals surface area contributed by atoms with Gasteiger partial charge in [0.15, 0.2) is 0 Å². The molecule has 1 N–H and O–H groups in total. The number of fused-ring (bicyclic) bond motifs is 3. The first-order chi connectivity index (χ1) is 13.5. The van der Waals surface area contributed by atoms with Crippen molar-refractivity contribution in [2.75, 3.05) is 13.2 Å². The van der Waals surface area contributed by atoms with Crippen molar-refractivity contribution in [3.8, 4) is 11.1 Å². The number of azide groups is 1. The normalized spacial score (nSPS) is 12.6. The van der Waals surface area contributed by atoms with Crippen molar-refractivity contribution >= 4 is 6.09 Å². The zero-order chi connectivity index (χ0) is 20.0. The number of rotatable bonds is 8. The monoisotopic (exact) mass is 378 g/mol. The fourth-order valence-corrected chi connectivity index (χ4v) is 3.77. The lowest BCUT2D eigenvalue weighted by molar-refractivity contribution is 0.131. The maximum Gasteiger partial charge on any atom is 0.407 e. The van der Waals surface area contributed by atoms with Gasteiger partial charge in [-0.3, -0.25) is 0 Å². The Morgan fingerprint density at radius 3 is 2.32 bits per heavy atom. The number of carbonyl (C=O) groups excluding carboxylic acids is 1. The van der Waals surface area contributed by atoms with Gasteiger partial charge in [0.25, 0.3) is 0 Å². The number of unbranched alkanes of at least 4 members (excludes halogenated alkanes) is 1. The molecule has 146 valence electrons. The molecule has 0 unspecified atom stereocenters. The van der Waals surface area contributed by atoms with Gasteiger partial charge in [-0.05, 0) is 54.5 Å². The molecule has 1 aliphatic rings. The molecule has 0 saturated heterocycles. The maximum absolute atomic E-state index is 12.4. The van der Waals surface area contributed by atoms with E-state index in [1.807, 2.05) is 38.1 Å². The second kappa shape index (κ2) is 8.81. The summed E-state index contributed by atoms with van der Waals surface area (Å²) < 4.78 is 5.60. The zero-order valence-corrected chi connectivity index (χ0v) is 16.4. The molecule has 0 spiro atoms. The highest BCUT2D eigenvalue weighted by Gasteiger charge is 2.29. The summed E-state index contributed by atoms with van der Waals surface area (Å²) in [6, 6.07) is 16.6. The number of alkyl carbamates (subject to hydrolysis) is 1. The molecule has 0 fully saturated rings. The summed E-state index contributed by atoms with van der Waals surface area (Å²) in [6.07, 6.45) is 2.06. The van der Waals surface area contributed by atoms with Crippen molar-refractivity contribution in [2.45, 2.75) is 44.6 Å². The molecule has 1 amide bonds. The van der Waals surface area contributed by atoms with Crippen molar-refractivity contribution in [2.24, 2.45) is 5.11 Å². The fourth-order valence-electron chi connectivity index (χ4n) is 3.77. The minimum absolute atomic E-state index is 0.0603. The Morgan fingerprint density at radius 1 is 1.11 bits per heavy atom. The van der Waals surface area contributed by atoms with Gasteiger partial charge < -0.3 is 10.1 Å². The Kier molecular flexibility index (Phi) is 6.22. The number of hydrogen-bond acceptors (Lipinski definition) is 3. The highest BCUT2D eigenvalue weighted by Crippen LogP contribution is 2.44. The van der Waals surface area contributed by atoms with Crippen LogP contribution in [0.4, 0.5) is 4.79 Å². The number of ether oxygens (including phenoxy) is 1. The van der Waals surface area contributed by atoms with Gasteiger partial charge in [0.05, 0.1) is 0 Å². The van der Waals surface area contributed by atoms with Crippen LogP contribution in [0.25, 0.3) is 21.6 Å². The van der Waals surface area contributed by atoms with E-state index in [0.29, 0.717) is 13.2 Å². The van der Waals surface area contributed by atoms with Crippen LogP contribution in [0.15, 0.2) is 53.6 Å². The topological polar surface area (TPSA) is 87.1 Å². The third-order valence-corrected chi connectivity index (χ3v) is 5.16. The second-order valence-electron chi connectivity index (χ2n) is 7.75. The van der Waals surface area contributed by atoms with Crippen molar-refractivity contribution in [3.63, 3.8) is 0 Å². The largest absolute Gasteiger partial charge is 0.449 e. The lowest BCUT2D eigenvalue weighted by atomic mass is 9.97. The number of carbonyl (C=O) groups is 1. The number of nitrogens with one attached hydrogen (secondary N) is 1. The van der Waals surface area contributed by atoms with Crippen LogP contribution in [-0.4, -0.2) is 24.8 Å². The van der Waals surface area contributed by atoms with Crippen LogP contribution >= 0.6 is 0 Å². The summed E-state index contributed by atoms with van der Waals surface area (Å²) in [6.45, 7) is 4.74. The summed E-state index contributed by atoms with van der Waals surface area (Å²) in [5.41, 5.74) is 12.8. The van der Waals surface area contributed by atoms with Crippen LogP contribution < -0.4 is 5.32 Å². The first-order valence-corrected chi connectivity index (χ1v) is 9.66. The van der Waals surface area contributed by atoms with Gasteiger partial charge in [0.2, 0.25) is 0 Å².